The fourth-order valence-corrected chi connectivity index (χ4v) is 5.68. The number of ether oxygens (including phenoxy) is 3. The molecule has 1 unspecified atom stereocenters. The van der Waals surface area contributed by atoms with Crippen LogP contribution in [0.1, 0.15) is 41.4 Å². The Balaban J connectivity index is 1.55. The van der Waals surface area contributed by atoms with Crippen LogP contribution in [-0.4, -0.2) is 54.1 Å². The van der Waals surface area contributed by atoms with E-state index in [0.717, 1.165) is 11.8 Å². The molecule has 0 aromatic heterocycles. The first-order chi connectivity index (χ1) is 21.3. The van der Waals surface area contributed by atoms with Gasteiger partial charge in [-0.3, -0.25) is 14.5 Å². The van der Waals surface area contributed by atoms with Gasteiger partial charge in [0.1, 0.15) is 5.75 Å². The Hall–Kier alpha value is -5.16. The first-order valence-electron chi connectivity index (χ1n) is 13.8. The van der Waals surface area contributed by atoms with E-state index in [1.807, 2.05) is 30.3 Å². The molecule has 44 heavy (non-hydrogen) atoms. The van der Waals surface area contributed by atoms with E-state index in [9.17, 15) is 19.2 Å². The highest BCUT2D eigenvalue weighted by Gasteiger charge is 2.44. The van der Waals surface area contributed by atoms with E-state index in [1.54, 1.807) is 62.4 Å². The van der Waals surface area contributed by atoms with Gasteiger partial charge in [-0.25, -0.2) is 14.6 Å². The predicted molar refractivity (Wildman–Crippen MR) is 167 cm³/mol. The molecule has 0 saturated carbocycles. The van der Waals surface area contributed by atoms with Crippen LogP contribution in [0.25, 0.3) is 5.70 Å². The van der Waals surface area contributed by atoms with Gasteiger partial charge in [0.05, 0.1) is 48.1 Å². The number of nitrogens with one attached hydrogen (secondary N) is 1. The zero-order valence-corrected chi connectivity index (χ0v) is 25.1. The SMILES string of the molecule is CCOC(=O)C1=C(c2ccccc2)N=C2SC(C(=O)Nc3ccc(C(=O)OCC)cc3)=CC(=O)N2C1c1cccc(OC)c1. The Morgan fingerprint density at radius 1 is 0.909 bits per heavy atom. The largest absolute Gasteiger partial charge is 0.497 e. The summed E-state index contributed by atoms with van der Waals surface area (Å²) in [6, 6.07) is 21.5. The fraction of sp³-hybridized carbons (Fsp3) is 0.182. The number of benzene rings is 3. The minimum Gasteiger partial charge on any atom is -0.497 e. The van der Waals surface area contributed by atoms with Crippen LogP contribution in [0.15, 0.2) is 100 Å². The Morgan fingerprint density at radius 3 is 2.30 bits per heavy atom. The van der Waals surface area contributed by atoms with Crippen LogP contribution in [-0.2, 0) is 23.9 Å². The molecule has 0 aliphatic carbocycles. The number of thioether (sulfide) groups is 1. The van der Waals surface area contributed by atoms with Crippen LogP contribution in [0.4, 0.5) is 5.69 Å². The van der Waals surface area contributed by atoms with Gasteiger partial charge >= 0.3 is 11.9 Å². The van der Waals surface area contributed by atoms with Crippen LogP contribution in [0, 0.1) is 0 Å². The van der Waals surface area contributed by atoms with Crippen molar-refractivity contribution in [3.63, 3.8) is 0 Å². The first-order valence-corrected chi connectivity index (χ1v) is 14.7. The van der Waals surface area contributed by atoms with E-state index in [0.29, 0.717) is 33.8 Å². The number of esters is 2. The van der Waals surface area contributed by atoms with Crippen molar-refractivity contribution in [2.24, 2.45) is 4.99 Å². The number of aliphatic imine (C=N–C) groups is 1. The predicted octanol–water partition coefficient (Wildman–Crippen LogP) is 5.36. The molecule has 3 aromatic rings. The third-order valence-corrected chi connectivity index (χ3v) is 7.72. The lowest BCUT2D eigenvalue weighted by Gasteiger charge is -2.38. The molecule has 2 aliphatic rings. The quantitative estimate of drug-likeness (QED) is 0.321. The van der Waals surface area contributed by atoms with Crippen molar-refractivity contribution in [3.05, 3.63) is 112 Å². The van der Waals surface area contributed by atoms with Crippen molar-refractivity contribution in [1.82, 2.24) is 4.90 Å². The number of carbonyl (C=O) groups excluding carboxylic acids is 4. The number of rotatable bonds is 9. The molecule has 2 amide bonds. The number of amides is 2. The summed E-state index contributed by atoms with van der Waals surface area (Å²) in [4.78, 5) is 58.9. The van der Waals surface area contributed by atoms with E-state index < -0.39 is 29.8 Å². The van der Waals surface area contributed by atoms with Crippen LogP contribution in [0.3, 0.4) is 0 Å². The molecule has 0 spiro atoms. The lowest BCUT2D eigenvalue weighted by molar-refractivity contribution is -0.139. The smallest absolute Gasteiger partial charge is 0.338 e. The topological polar surface area (TPSA) is 124 Å². The average molecular weight is 612 g/mol. The third kappa shape index (κ3) is 6.28. The molecule has 2 heterocycles. The van der Waals surface area contributed by atoms with Crippen LogP contribution >= 0.6 is 11.8 Å². The average Bonchev–Trinajstić information content (AvgIpc) is 3.04. The van der Waals surface area contributed by atoms with Gasteiger partial charge in [0.2, 0.25) is 0 Å². The Bertz CT molecular complexity index is 1700. The van der Waals surface area contributed by atoms with Crippen molar-refractivity contribution in [1.29, 1.82) is 0 Å². The summed E-state index contributed by atoms with van der Waals surface area (Å²) < 4.78 is 15.9. The van der Waals surface area contributed by atoms with Crippen molar-refractivity contribution >= 4 is 52.1 Å². The minimum atomic E-state index is -0.914. The van der Waals surface area contributed by atoms with Gasteiger partial charge in [0, 0.05) is 17.3 Å². The normalized spacial score (nSPS) is 15.9. The fourth-order valence-electron chi connectivity index (χ4n) is 4.75. The highest BCUT2D eigenvalue weighted by molar-refractivity contribution is 8.18. The molecule has 3 aromatic carbocycles. The Labute approximate surface area is 258 Å². The Morgan fingerprint density at radius 2 is 1.61 bits per heavy atom. The van der Waals surface area contributed by atoms with Crippen LogP contribution in [0.2, 0.25) is 0 Å². The summed E-state index contributed by atoms with van der Waals surface area (Å²) in [6.45, 7) is 3.80. The molecule has 5 rings (SSSR count). The molecule has 0 radical (unpaired) electrons. The van der Waals surface area contributed by atoms with Gasteiger partial charge in [-0.15, -0.1) is 0 Å². The lowest BCUT2D eigenvalue weighted by Crippen LogP contribution is -2.45. The zero-order valence-electron chi connectivity index (χ0n) is 24.2. The summed E-state index contributed by atoms with van der Waals surface area (Å²) in [5, 5.41) is 2.98. The maximum Gasteiger partial charge on any atom is 0.338 e. The van der Waals surface area contributed by atoms with Crippen LogP contribution in [0.5, 0.6) is 5.75 Å². The van der Waals surface area contributed by atoms with Crippen molar-refractivity contribution in [2.45, 2.75) is 19.9 Å². The summed E-state index contributed by atoms with van der Waals surface area (Å²) in [7, 11) is 1.53. The zero-order chi connectivity index (χ0) is 31.2. The van der Waals surface area contributed by atoms with E-state index in [-0.39, 0.29) is 28.9 Å². The van der Waals surface area contributed by atoms with Gasteiger partial charge in [0.15, 0.2) is 5.17 Å². The number of hydrogen-bond donors (Lipinski definition) is 1. The van der Waals surface area contributed by atoms with Gasteiger partial charge in [-0.2, -0.15) is 0 Å². The highest BCUT2D eigenvalue weighted by Crippen LogP contribution is 2.45. The Kier molecular flexibility index (Phi) is 9.25. The van der Waals surface area contributed by atoms with Crippen molar-refractivity contribution < 1.29 is 33.4 Å². The molecule has 11 heteroatoms. The molecule has 0 fully saturated rings. The van der Waals surface area contributed by atoms with Gasteiger partial charge < -0.3 is 19.5 Å². The lowest BCUT2D eigenvalue weighted by atomic mass is 9.91. The highest BCUT2D eigenvalue weighted by atomic mass is 32.2. The number of fused-ring (bicyclic) bond motifs is 1. The standard InChI is InChI=1S/C33H29N3O7S/c1-4-42-31(39)21-14-16-23(17-15-21)34-30(38)25-19-26(37)36-29(22-12-9-13-24(18-22)41-3)27(32(40)43-5-2)28(35-33(36)44-25)20-10-7-6-8-11-20/h6-19,29H,4-5H2,1-3H3,(H,34,38). The molecule has 2 aliphatic heterocycles. The van der Waals surface area contributed by atoms with E-state index in [2.05, 4.69) is 5.32 Å². The summed E-state index contributed by atoms with van der Waals surface area (Å²) in [6.07, 6.45) is 1.22. The molecular formula is C33H29N3O7S. The van der Waals surface area contributed by atoms with Gasteiger partial charge in [0.25, 0.3) is 11.8 Å². The van der Waals surface area contributed by atoms with E-state index >= 15 is 0 Å². The second kappa shape index (κ2) is 13.4. The molecule has 1 N–H and O–H groups in total. The number of nitrogens with zero attached hydrogens (tertiary/aromatic N) is 2. The van der Waals surface area contributed by atoms with Crippen LogP contribution < -0.4 is 10.1 Å². The summed E-state index contributed by atoms with van der Waals surface area (Å²) in [5.41, 5.74) is 2.54. The third-order valence-electron chi connectivity index (χ3n) is 6.72. The number of anilines is 1. The molecule has 10 nitrogen and oxygen atoms in total. The number of hydrogen-bond acceptors (Lipinski definition) is 9. The summed E-state index contributed by atoms with van der Waals surface area (Å²) in [5.74, 6) is -1.61. The van der Waals surface area contributed by atoms with Gasteiger partial charge in [-0.1, -0.05) is 42.5 Å². The molecule has 224 valence electrons. The van der Waals surface area contributed by atoms with E-state index in [4.69, 9.17) is 19.2 Å². The molecule has 0 saturated heterocycles. The number of methoxy groups -OCH3 is 1. The van der Waals surface area contributed by atoms with E-state index in [1.165, 1.54) is 18.1 Å². The molecular weight excluding hydrogens is 582 g/mol. The molecule has 1 atom stereocenters. The van der Waals surface area contributed by atoms with Gasteiger partial charge in [-0.05, 0) is 67.6 Å². The second-order valence-electron chi connectivity index (χ2n) is 9.49. The second-order valence-corrected chi connectivity index (χ2v) is 10.5. The number of amidine groups is 1. The number of carbonyl (C=O) groups is 4. The minimum absolute atomic E-state index is 0.107. The monoisotopic (exact) mass is 611 g/mol. The van der Waals surface area contributed by atoms with Crippen molar-refractivity contribution in [3.8, 4) is 5.75 Å². The van der Waals surface area contributed by atoms with Crippen molar-refractivity contribution in [2.75, 3.05) is 25.6 Å². The maximum atomic E-state index is 13.8. The maximum absolute atomic E-state index is 13.8. The summed E-state index contributed by atoms with van der Waals surface area (Å²) >= 11 is 1.01. The first kappa shape index (κ1) is 30.3. The molecule has 0 bridgehead atoms.